The van der Waals surface area contributed by atoms with Crippen LogP contribution in [-0.4, -0.2) is 20.4 Å². The number of hydrogen-bond donors (Lipinski definition) is 0. The van der Waals surface area contributed by atoms with Crippen LogP contribution in [-0.2, 0) is 0 Å². The summed E-state index contributed by atoms with van der Waals surface area (Å²) in [5.41, 5.74) is 2.03. The number of aromatic nitrogens is 4. The van der Waals surface area contributed by atoms with Crippen molar-refractivity contribution >= 4 is 23.1 Å². The molecule has 0 bridgehead atoms. The molecule has 0 amide bonds. The average molecular weight is 370 g/mol. The van der Waals surface area contributed by atoms with Crippen LogP contribution in [0.3, 0.4) is 0 Å². The highest BCUT2D eigenvalue weighted by atomic mass is 32.2. The topological polar surface area (TPSA) is 77.8 Å². The molecule has 25 heavy (non-hydrogen) atoms. The highest BCUT2D eigenvalue weighted by molar-refractivity contribution is 7.99. The molecule has 1 aromatic carbocycles. The molecule has 3 aromatic heterocycles. The minimum Gasteiger partial charge on any atom is -0.419 e. The summed E-state index contributed by atoms with van der Waals surface area (Å²) < 4.78 is 11.5. The van der Waals surface area contributed by atoms with E-state index in [9.17, 15) is 0 Å². The molecule has 0 N–H and O–H groups in total. The van der Waals surface area contributed by atoms with Gasteiger partial charge in [-0.15, -0.1) is 31.7 Å². The van der Waals surface area contributed by atoms with Crippen molar-refractivity contribution in [2.75, 3.05) is 0 Å². The Hall–Kier alpha value is -2.45. The minimum absolute atomic E-state index is 0.0913. The predicted octanol–water partition coefficient (Wildman–Crippen LogP) is 5.01. The zero-order valence-corrected chi connectivity index (χ0v) is 15.2. The van der Waals surface area contributed by atoms with Crippen LogP contribution in [0, 0.1) is 6.92 Å². The van der Waals surface area contributed by atoms with Gasteiger partial charge < -0.3 is 8.83 Å². The predicted molar refractivity (Wildman–Crippen MR) is 96.4 cm³/mol. The molecule has 0 fully saturated rings. The van der Waals surface area contributed by atoms with E-state index in [2.05, 4.69) is 20.4 Å². The summed E-state index contributed by atoms with van der Waals surface area (Å²) in [5.74, 6) is 1.57. The molecule has 4 aromatic rings. The van der Waals surface area contributed by atoms with E-state index < -0.39 is 0 Å². The Morgan fingerprint density at radius 2 is 1.80 bits per heavy atom. The highest BCUT2D eigenvalue weighted by Gasteiger charge is 2.20. The summed E-state index contributed by atoms with van der Waals surface area (Å²) in [6.45, 7) is 3.98. The third-order valence-corrected chi connectivity index (χ3v) is 5.36. The molecule has 6 nitrogen and oxygen atoms in total. The third-order valence-electron chi connectivity index (χ3n) is 3.58. The Balaban J connectivity index is 1.50. The maximum Gasteiger partial charge on any atom is 0.277 e. The van der Waals surface area contributed by atoms with Gasteiger partial charge in [-0.05, 0) is 36.9 Å². The SMILES string of the molecule is Cc1ccccc1-c1nnc(S[C@@H](C)c2nnc(-c3cccs3)o2)o1. The van der Waals surface area contributed by atoms with Gasteiger partial charge in [-0.25, -0.2) is 0 Å². The number of aryl methyl sites for hydroxylation is 1. The van der Waals surface area contributed by atoms with E-state index in [0.29, 0.717) is 22.9 Å². The number of thiophene rings is 1. The van der Waals surface area contributed by atoms with Crippen LogP contribution >= 0.6 is 23.1 Å². The standard InChI is InChI=1S/C17H14N4O2S2/c1-10-6-3-4-7-12(10)15-19-21-17(23-15)25-11(2)14-18-20-16(22-14)13-8-5-9-24-13/h3-9,11H,1-2H3/t11-/m0/s1. The quantitative estimate of drug-likeness (QED) is 0.457. The molecule has 0 saturated heterocycles. The van der Waals surface area contributed by atoms with E-state index in [0.717, 1.165) is 16.0 Å². The molecular formula is C17H14N4O2S2. The molecule has 0 spiro atoms. The number of rotatable bonds is 5. The number of benzene rings is 1. The highest BCUT2D eigenvalue weighted by Crippen LogP contribution is 2.36. The smallest absolute Gasteiger partial charge is 0.277 e. The molecule has 4 rings (SSSR count). The van der Waals surface area contributed by atoms with Crippen molar-refractivity contribution in [3.8, 4) is 22.2 Å². The number of thioether (sulfide) groups is 1. The van der Waals surface area contributed by atoms with Crippen LogP contribution in [0.5, 0.6) is 0 Å². The zero-order valence-electron chi connectivity index (χ0n) is 13.5. The summed E-state index contributed by atoms with van der Waals surface area (Å²) in [6, 6.07) is 11.8. The Labute approximate surface area is 152 Å². The molecule has 0 aliphatic rings. The monoisotopic (exact) mass is 370 g/mol. The van der Waals surface area contributed by atoms with Gasteiger partial charge in [0.05, 0.1) is 10.1 Å². The van der Waals surface area contributed by atoms with Gasteiger partial charge in [-0.2, -0.15) is 0 Å². The van der Waals surface area contributed by atoms with Crippen molar-refractivity contribution in [3.05, 3.63) is 53.2 Å². The Bertz CT molecular complexity index is 978. The first-order chi connectivity index (χ1) is 12.2. The van der Waals surface area contributed by atoms with Crippen LogP contribution in [0.4, 0.5) is 0 Å². The molecule has 126 valence electrons. The normalized spacial score (nSPS) is 12.4. The van der Waals surface area contributed by atoms with Crippen molar-refractivity contribution < 1.29 is 8.83 Å². The van der Waals surface area contributed by atoms with Gasteiger partial charge in [-0.3, -0.25) is 0 Å². The fourth-order valence-electron chi connectivity index (χ4n) is 2.28. The summed E-state index contributed by atoms with van der Waals surface area (Å²) >= 11 is 2.96. The number of hydrogen-bond acceptors (Lipinski definition) is 8. The van der Waals surface area contributed by atoms with Crippen LogP contribution in [0.15, 0.2) is 55.8 Å². The minimum atomic E-state index is -0.0913. The van der Waals surface area contributed by atoms with Crippen molar-refractivity contribution in [1.82, 2.24) is 20.4 Å². The van der Waals surface area contributed by atoms with E-state index in [-0.39, 0.29) is 5.25 Å². The molecule has 0 radical (unpaired) electrons. The summed E-state index contributed by atoms with van der Waals surface area (Å²) in [7, 11) is 0. The first-order valence-electron chi connectivity index (χ1n) is 7.64. The van der Waals surface area contributed by atoms with Gasteiger partial charge in [0.1, 0.15) is 0 Å². The van der Waals surface area contributed by atoms with E-state index >= 15 is 0 Å². The second-order valence-electron chi connectivity index (χ2n) is 5.37. The lowest BCUT2D eigenvalue weighted by Gasteiger charge is -2.02. The molecule has 3 heterocycles. The first kappa shape index (κ1) is 16.0. The van der Waals surface area contributed by atoms with E-state index in [1.165, 1.54) is 11.8 Å². The van der Waals surface area contributed by atoms with Crippen molar-refractivity contribution in [3.63, 3.8) is 0 Å². The van der Waals surface area contributed by atoms with Crippen molar-refractivity contribution in [2.24, 2.45) is 0 Å². The van der Waals surface area contributed by atoms with E-state index in [1.807, 2.05) is 55.6 Å². The Morgan fingerprint density at radius 1 is 0.960 bits per heavy atom. The van der Waals surface area contributed by atoms with Gasteiger partial charge >= 0.3 is 0 Å². The molecule has 0 aliphatic carbocycles. The lowest BCUT2D eigenvalue weighted by atomic mass is 10.1. The molecular weight excluding hydrogens is 356 g/mol. The fraction of sp³-hybridized carbons (Fsp3) is 0.176. The molecule has 1 atom stereocenters. The van der Waals surface area contributed by atoms with E-state index in [4.69, 9.17) is 8.83 Å². The average Bonchev–Trinajstić information content (AvgIpc) is 3.36. The van der Waals surface area contributed by atoms with Gasteiger partial charge in [0, 0.05) is 5.56 Å². The molecule has 0 aliphatic heterocycles. The van der Waals surface area contributed by atoms with Crippen LogP contribution in [0.25, 0.3) is 22.2 Å². The zero-order chi connectivity index (χ0) is 17.2. The van der Waals surface area contributed by atoms with Gasteiger partial charge in [0.15, 0.2) is 0 Å². The second-order valence-corrected chi connectivity index (χ2v) is 7.61. The fourth-order valence-corrected chi connectivity index (χ4v) is 3.64. The Kier molecular flexibility index (Phi) is 4.37. The van der Waals surface area contributed by atoms with E-state index in [1.54, 1.807) is 11.3 Å². The third kappa shape index (κ3) is 3.35. The van der Waals surface area contributed by atoms with Gasteiger partial charge in [0.2, 0.25) is 11.8 Å². The Morgan fingerprint density at radius 3 is 2.60 bits per heavy atom. The van der Waals surface area contributed by atoms with Crippen LogP contribution < -0.4 is 0 Å². The summed E-state index contributed by atoms with van der Waals surface area (Å²) in [4.78, 5) is 0.954. The number of nitrogens with zero attached hydrogens (tertiary/aromatic N) is 4. The maximum atomic E-state index is 5.77. The molecule has 0 unspecified atom stereocenters. The largest absolute Gasteiger partial charge is 0.419 e. The second kappa shape index (κ2) is 6.81. The summed E-state index contributed by atoms with van der Waals surface area (Å²) in [6.07, 6.45) is 0. The van der Waals surface area contributed by atoms with Gasteiger partial charge in [0.25, 0.3) is 11.1 Å². The lowest BCUT2D eigenvalue weighted by Crippen LogP contribution is -1.88. The van der Waals surface area contributed by atoms with Crippen LogP contribution in [0.2, 0.25) is 0 Å². The van der Waals surface area contributed by atoms with Gasteiger partial charge in [-0.1, -0.05) is 36.0 Å². The maximum absolute atomic E-state index is 5.77. The molecule has 8 heteroatoms. The van der Waals surface area contributed by atoms with Crippen molar-refractivity contribution in [2.45, 2.75) is 24.3 Å². The lowest BCUT2D eigenvalue weighted by molar-refractivity contribution is 0.461. The summed E-state index contributed by atoms with van der Waals surface area (Å²) in [5, 5.41) is 18.8. The first-order valence-corrected chi connectivity index (χ1v) is 9.40. The van der Waals surface area contributed by atoms with Crippen LogP contribution in [0.1, 0.15) is 23.6 Å². The molecule has 0 saturated carbocycles. The van der Waals surface area contributed by atoms with Crippen molar-refractivity contribution in [1.29, 1.82) is 0 Å².